The van der Waals surface area contributed by atoms with Crippen LogP contribution in [-0.4, -0.2) is 63.8 Å². The van der Waals surface area contributed by atoms with Gasteiger partial charge in [0.25, 0.3) is 0 Å². The fourth-order valence-corrected chi connectivity index (χ4v) is 3.35. The van der Waals surface area contributed by atoms with E-state index in [0.717, 1.165) is 12.8 Å². The van der Waals surface area contributed by atoms with Gasteiger partial charge in [-0.2, -0.15) is 0 Å². The van der Waals surface area contributed by atoms with Gasteiger partial charge in [-0.15, -0.1) is 0 Å². The molecule has 0 saturated carbocycles. The number of amides is 2. The number of hydrogen-bond acceptors (Lipinski definition) is 5. The van der Waals surface area contributed by atoms with Crippen LogP contribution in [0.2, 0.25) is 0 Å². The van der Waals surface area contributed by atoms with Crippen LogP contribution in [0, 0.1) is 0 Å². The molecule has 0 radical (unpaired) electrons. The second-order valence-corrected chi connectivity index (χ2v) is 6.99. The number of aryl methyl sites for hydroxylation is 1. The predicted molar refractivity (Wildman–Crippen MR) is 108 cm³/mol. The summed E-state index contributed by atoms with van der Waals surface area (Å²) in [4.78, 5) is 36.9. The second kappa shape index (κ2) is 9.94. The Morgan fingerprint density at radius 3 is 2.39 bits per heavy atom. The monoisotopic (exact) mass is 381 g/mol. The zero-order valence-corrected chi connectivity index (χ0v) is 16.3. The molecule has 28 heavy (non-hydrogen) atoms. The first kappa shape index (κ1) is 19.9. The van der Waals surface area contributed by atoms with Gasteiger partial charge in [-0.1, -0.05) is 30.3 Å². The largest absolute Gasteiger partial charge is 0.340 e. The minimum Gasteiger partial charge on any atom is -0.340 e. The van der Waals surface area contributed by atoms with Crippen molar-refractivity contribution in [2.75, 3.05) is 31.5 Å². The SMILES string of the molecule is CC(C(=O)Nc1ncccn1)N1CCN(C(=O)CCCc2ccccc2)CC1. The standard InChI is InChI=1S/C21H27N5O2/c1-17(20(28)24-21-22-11-6-12-23-21)25-13-15-26(16-14-25)19(27)10-5-9-18-7-3-2-4-8-18/h2-4,6-8,11-12,17H,5,9-10,13-16H2,1H3,(H,22,23,24,28). The van der Waals surface area contributed by atoms with Crippen molar-refractivity contribution in [2.45, 2.75) is 32.2 Å². The molecule has 148 valence electrons. The van der Waals surface area contributed by atoms with Gasteiger partial charge in [-0.25, -0.2) is 9.97 Å². The number of nitrogens with zero attached hydrogens (tertiary/aromatic N) is 4. The van der Waals surface area contributed by atoms with Crippen LogP contribution in [0.25, 0.3) is 0 Å². The quantitative estimate of drug-likeness (QED) is 0.793. The van der Waals surface area contributed by atoms with E-state index in [-0.39, 0.29) is 17.9 Å². The maximum absolute atomic E-state index is 12.5. The highest BCUT2D eigenvalue weighted by Crippen LogP contribution is 2.11. The molecular weight excluding hydrogens is 354 g/mol. The number of nitrogens with one attached hydrogen (secondary N) is 1. The summed E-state index contributed by atoms with van der Waals surface area (Å²) in [6.07, 6.45) is 5.53. The molecule has 1 fully saturated rings. The molecule has 1 unspecified atom stereocenters. The van der Waals surface area contributed by atoms with Crippen molar-refractivity contribution >= 4 is 17.8 Å². The van der Waals surface area contributed by atoms with Gasteiger partial charge < -0.3 is 4.90 Å². The Morgan fingerprint density at radius 2 is 1.71 bits per heavy atom. The Hall–Kier alpha value is -2.80. The molecule has 0 spiro atoms. The van der Waals surface area contributed by atoms with Gasteiger partial charge in [-0.3, -0.25) is 19.8 Å². The molecule has 0 bridgehead atoms. The number of hydrogen-bond donors (Lipinski definition) is 1. The minimum atomic E-state index is -0.292. The van der Waals surface area contributed by atoms with Crippen LogP contribution < -0.4 is 5.32 Å². The van der Waals surface area contributed by atoms with Gasteiger partial charge in [0.15, 0.2) is 0 Å². The van der Waals surface area contributed by atoms with E-state index < -0.39 is 0 Å². The molecule has 1 atom stereocenters. The highest BCUT2D eigenvalue weighted by molar-refractivity contribution is 5.93. The van der Waals surface area contributed by atoms with Crippen LogP contribution in [0.4, 0.5) is 5.95 Å². The zero-order valence-electron chi connectivity index (χ0n) is 16.3. The van der Waals surface area contributed by atoms with Crippen LogP contribution >= 0.6 is 0 Å². The normalized spacial score (nSPS) is 15.8. The van der Waals surface area contributed by atoms with E-state index in [1.54, 1.807) is 18.5 Å². The van der Waals surface area contributed by atoms with Gasteiger partial charge in [0.2, 0.25) is 17.8 Å². The topological polar surface area (TPSA) is 78.4 Å². The van der Waals surface area contributed by atoms with Crippen LogP contribution in [0.3, 0.4) is 0 Å². The van der Waals surface area contributed by atoms with Crippen LogP contribution in [0.15, 0.2) is 48.8 Å². The highest BCUT2D eigenvalue weighted by Gasteiger charge is 2.27. The molecule has 1 aromatic heterocycles. The van der Waals surface area contributed by atoms with Crippen LogP contribution in [0.5, 0.6) is 0 Å². The summed E-state index contributed by atoms with van der Waals surface area (Å²) in [6.45, 7) is 4.56. The molecule has 1 saturated heterocycles. The van der Waals surface area contributed by atoms with E-state index in [4.69, 9.17) is 0 Å². The molecule has 2 aromatic rings. The summed E-state index contributed by atoms with van der Waals surface area (Å²) in [5, 5.41) is 2.73. The van der Waals surface area contributed by atoms with Crippen molar-refractivity contribution in [1.82, 2.24) is 19.8 Å². The van der Waals surface area contributed by atoms with Crippen molar-refractivity contribution in [3.63, 3.8) is 0 Å². The lowest BCUT2D eigenvalue weighted by Gasteiger charge is -2.37. The van der Waals surface area contributed by atoms with Crippen LogP contribution in [0.1, 0.15) is 25.3 Å². The van der Waals surface area contributed by atoms with Gasteiger partial charge in [0, 0.05) is 45.0 Å². The van der Waals surface area contributed by atoms with E-state index in [9.17, 15) is 9.59 Å². The lowest BCUT2D eigenvalue weighted by Crippen LogP contribution is -2.54. The Balaban J connectivity index is 1.39. The van der Waals surface area contributed by atoms with E-state index >= 15 is 0 Å². The Morgan fingerprint density at radius 1 is 1.04 bits per heavy atom. The van der Waals surface area contributed by atoms with Crippen molar-refractivity contribution in [3.8, 4) is 0 Å². The molecule has 1 aliphatic heterocycles. The van der Waals surface area contributed by atoms with Gasteiger partial charge in [0.05, 0.1) is 6.04 Å². The average molecular weight is 381 g/mol. The minimum absolute atomic E-state index is 0.131. The number of carbonyl (C=O) groups is 2. The van der Waals surface area contributed by atoms with Gasteiger partial charge >= 0.3 is 0 Å². The first-order valence-corrected chi connectivity index (χ1v) is 9.77. The molecular formula is C21H27N5O2. The summed E-state index contributed by atoms with van der Waals surface area (Å²) in [7, 11) is 0. The third-order valence-electron chi connectivity index (χ3n) is 5.09. The fraction of sp³-hybridized carbons (Fsp3) is 0.429. The van der Waals surface area contributed by atoms with Crippen molar-refractivity contribution in [2.24, 2.45) is 0 Å². The highest BCUT2D eigenvalue weighted by atomic mass is 16.2. The molecule has 7 heteroatoms. The number of benzene rings is 1. The van der Waals surface area contributed by atoms with E-state index in [1.165, 1.54) is 5.56 Å². The summed E-state index contributed by atoms with van der Waals surface area (Å²) in [5.74, 6) is 0.380. The second-order valence-electron chi connectivity index (χ2n) is 6.99. The average Bonchev–Trinajstić information content (AvgIpc) is 2.74. The number of aromatic nitrogens is 2. The van der Waals surface area contributed by atoms with Gasteiger partial charge in [0.1, 0.15) is 0 Å². The van der Waals surface area contributed by atoms with Crippen molar-refractivity contribution in [1.29, 1.82) is 0 Å². The van der Waals surface area contributed by atoms with Gasteiger partial charge in [-0.05, 0) is 31.4 Å². The lowest BCUT2D eigenvalue weighted by molar-refractivity contribution is -0.133. The third kappa shape index (κ3) is 5.60. The Kier molecular flexibility index (Phi) is 7.08. The maximum Gasteiger partial charge on any atom is 0.243 e. The molecule has 1 aliphatic rings. The van der Waals surface area contributed by atoms with E-state index in [2.05, 4.69) is 32.3 Å². The molecule has 2 heterocycles. The predicted octanol–water partition coefficient (Wildman–Crippen LogP) is 1.97. The lowest BCUT2D eigenvalue weighted by atomic mass is 10.1. The molecule has 7 nitrogen and oxygen atoms in total. The first-order valence-electron chi connectivity index (χ1n) is 9.77. The first-order chi connectivity index (χ1) is 13.6. The Bertz CT molecular complexity index is 761. The number of carbonyl (C=O) groups excluding carboxylic acids is 2. The molecule has 2 amide bonds. The summed E-state index contributed by atoms with van der Waals surface area (Å²) in [6, 6.07) is 11.7. The number of anilines is 1. The van der Waals surface area contributed by atoms with Crippen molar-refractivity contribution < 1.29 is 9.59 Å². The number of piperazine rings is 1. The Labute approximate surface area is 165 Å². The fourth-order valence-electron chi connectivity index (χ4n) is 3.35. The molecule has 0 aliphatic carbocycles. The number of rotatable bonds is 7. The summed E-state index contributed by atoms with van der Waals surface area (Å²) < 4.78 is 0. The summed E-state index contributed by atoms with van der Waals surface area (Å²) >= 11 is 0. The zero-order chi connectivity index (χ0) is 19.8. The molecule has 3 rings (SSSR count). The van der Waals surface area contributed by atoms with Crippen LogP contribution in [-0.2, 0) is 16.0 Å². The molecule has 1 N–H and O–H groups in total. The maximum atomic E-state index is 12.5. The smallest absolute Gasteiger partial charge is 0.243 e. The summed E-state index contributed by atoms with van der Waals surface area (Å²) in [5.41, 5.74) is 1.27. The van der Waals surface area contributed by atoms with E-state index in [1.807, 2.05) is 30.0 Å². The molecule has 1 aromatic carbocycles. The third-order valence-corrected chi connectivity index (χ3v) is 5.09. The van der Waals surface area contributed by atoms with E-state index in [0.29, 0.717) is 38.5 Å². The van der Waals surface area contributed by atoms with Crippen molar-refractivity contribution in [3.05, 3.63) is 54.4 Å².